The first-order valence-corrected chi connectivity index (χ1v) is 8.00. The summed E-state index contributed by atoms with van der Waals surface area (Å²) in [5, 5.41) is 3.17. The largest absolute Gasteiger partial charge is 0.368 e. The Labute approximate surface area is 139 Å². The van der Waals surface area contributed by atoms with Gasteiger partial charge >= 0.3 is 0 Å². The van der Waals surface area contributed by atoms with Gasteiger partial charge in [0, 0.05) is 11.1 Å². The third-order valence-electron chi connectivity index (χ3n) is 3.33. The second-order valence-electron chi connectivity index (χ2n) is 5.32. The minimum absolute atomic E-state index is 0.364. The minimum atomic E-state index is -0.735. The number of nitrogens with one attached hydrogen (secondary N) is 1. The van der Waals surface area contributed by atoms with Gasteiger partial charge in [-0.1, -0.05) is 29.5 Å². The number of hydrogen-bond donors (Lipinski definition) is 2. The van der Waals surface area contributed by atoms with E-state index < -0.39 is 11.9 Å². The molecular formula is C17H19N3O2S. The fourth-order valence-corrected chi connectivity index (χ4v) is 2.96. The van der Waals surface area contributed by atoms with Crippen molar-refractivity contribution >= 4 is 23.6 Å². The average molecular weight is 329 g/mol. The summed E-state index contributed by atoms with van der Waals surface area (Å²) in [6.07, 6.45) is 1.64. The Morgan fingerprint density at radius 1 is 1.26 bits per heavy atom. The van der Waals surface area contributed by atoms with Gasteiger partial charge in [-0.2, -0.15) is 0 Å². The van der Waals surface area contributed by atoms with Crippen LogP contribution in [0.3, 0.4) is 0 Å². The lowest BCUT2D eigenvalue weighted by atomic mass is 10.2. The van der Waals surface area contributed by atoms with Gasteiger partial charge in [0.05, 0.1) is 5.56 Å². The first kappa shape index (κ1) is 17.0. The molecular weight excluding hydrogens is 310 g/mol. The molecule has 120 valence electrons. The molecule has 3 N–H and O–H groups in total. The van der Waals surface area contributed by atoms with Gasteiger partial charge < -0.3 is 11.1 Å². The molecule has 1 unspecified atom stereocenters. The first-order chi connectivity index (χ1) is 10.9. The quantitative estimate of drug-likeness (QED) is 0.882. The fourth-order valence-electron chi connectivity index (χ4n) is 2.01. The van der Waals surface area contributed by atoms with Crippen LogP contribution in [0.5, 0.6) is 0 Å². The average Bonchev–Trinajstić information content (AvgIpc) is 2.50. The van der Waals surface area contributed by atoms with Crippen LogP contribution in [0.15, 0.2) is 46.5 Å². The fraction of sp³-hybridized carbons (Fsp3) is 0.235. The van der Waals surface area contributed by atoms with E-state index in [0.717, 1.165) is 10.5 Å². The molecule has 23 heavy (non-hydrogen) atoms. The Kier molecular flexibility index (Phi) is 5.39. The van der Waals surface area contributed by atoms with Crippen molar-refractivity contribution in [1.29, 1.82) is 0 Å². The van der Waals surface area contributed by atoms with Crippen molar-refractivity contribution < 1.29 is 9.59 Å². The van der Waals surface area contributed by atoms with Crippen molar-refractivity contribution in [2.24, 2.45) is 5.73 Å². The van der Waals surface area contributed by atoms with E-state index in [0.29, 0.717) is 10.6 Å². The molecule has 0 aliphatic rings. The van der Waals surface area contributed by atoms with Gasteiger partial charge in [-0.3, -0.25) is 9.59 Å². The van der Waals surface area contributed by atoms with Crippen LogP contribution in [0.4, 0.5) is 0 Å². The van der Waals surface area contributed by atoms with E-state index in [2.05, 4.69) is 16.4 Å². The highest BCUT2D eigenvalue weighted by atomic mass is 32.2. The van der Waals surface area contributed by atoms with Crippen molar-refractivity contribution in [2.75, 3.05) is 0 Å². The second-order valence-corrected chi connectivity index (χ2v) is 6.36. The van der Waals surface area contributed by atoms with Gasteiger partial charge in [-0.25, -0.2) is 4.98 Å². The number of amides is 2. The topological polar surface area (TPSA) is 85.1 Å². The number of hydrogen-bond acceptors (Lipinski definition) is 4. The van der Waals surface area contributed by atoms with Gasteiger partial charge in [0.1, 0.15) is 11.1 Å². The number of carbonyl (C=O) groups excluding carboxylic acids is 2. The summed E-state index contributed by atoms with van der Waals surface area (Å²) < 4.78 is 0. The number of aryl methyl sites for hydroxylation is 2. The number of primary amides is 1. The second kappa shape index (κ2) is 7.28. The SMILES string of the molecule is Cc1ccc(Sc2ncccc2C(=O)NC(C)C(N)=O)c(C)c1. The third-order valence-corrected chi connectivity index (χ3v) is 4.52. The Morgan fingerprint density at radius 2 is 2.00 bits per heavy atom. The number of benzene rings is 1. The van der Waals surface area contributed by atoms with Gasteiger partial charge in [0.15, 0.2) is 0 Å². The van der Waals surface area contributed by atoms with E-state index in [-0.39, 0.29) is 5.91 Å². The molecule has 1 atom stereocenters. The molecule has 1 aromatic carbocycles. The number of carbonyl (C=O) groups is 2. The number of pyridine rings is 1. The molecule has 6 heteroatoms. The van der Waals surface area contributed by atoms with E-state index in [1.165, 1.54) is 17.3 Å². The zero-order valence-electron chi connectivity index (χ0n) is 13.3. The van der Waals surface area contributed by atoms with Crippen LogP contribution in [-0.2, 0) is 4.79 Å². The summed E-state index contributed by atoms with van der Waals surface area (Å²) in [4.78, 5) is 28.8. The van der Waals surface area contributed by atoms with Crippen LogP contribution < -0.4 is 11.1 Å². The van der Waals surface area contributed by atoms with Crippen molar-refractivity contribution in [1.82, 2.24) is 10.3 Å². The van der Waals surface area contributed by atoms with Gasteiger partial charge in [0.25, 0.3) is 5.91 Å². The molecule has 0 spiro atoms. The molecule has 5 nitrogen and oxygen atoms in total. The minimum Gasteiger partial charge on any atom is -0.368 e. The van der Waals surface area contributed by atoms with E-state index in [9.17, 15) is 9.59 Å². The maximum Gasteiger partial charge on any atom is 0.254 e. The van der Waals surface area contributed by atoms with E-state index in [4.69, 9.17) is 5.73 Å². The Morgan fingerprint density at radius 3 is 2.65 bits per heavy atom. The molecule has 0 saturated heterocycles. The molecule has 2 amide bonds. The molecule has 0 bridgehead atoms. The van der Waals surface area contributed by atoms with E-state index in [1.807, 2.05) is 26.0 Å². The number of aromatic nitrogens is 1. The standard InChI is InChI=1S/C17H19N3O2S/c1-10-6-7-14(11(2)9-10)23-17-13(5-4-8-19-17)16(22)20-12(3)15(18)21/h4-9,12H,1-3H3,(H2,18,21)(H,20,22). The van der Waals surface area contributed by atoms with Crippen LogP contribution in [-0.4, -0.2) is 22.8 Å². The maximum absolute atomic E-state index is 12.3. The number of nitrogens with zero attached hydrogens (tertiary/aromatic N) is 1. The third kappa shape index (κ3) is 4.32. The van der Waals surface area contributed by atoms with Crippen molar-refractivity contribution in [2.45, 2.75) is 36.7 Å². The molecule has 0 saturated carbocycles. The highest BCUT2D eigenvalue weighted by Crippen LogP contribution is 2.31. The van der Waals surface area contributed by atoms with Crippen molar-refractivity contribution in [3.8, 4) is 0 Å². The van der Waals surface area contributed by atoms with Crippen molar-refractivity contribution in [3.05, 3.63) is 53.2 Å². The van der Waals surface area contributed by atoms with Crippen LogP contribution in [0.25, 0.3) is 0 Å². The van der Waals surface area contributed by atoms with Crippen LogP contribution in [0, 0.1) is 13.8 Å². The normalized spacial score (nSPS) is 11.8. The zero-order chi connectivity index (χ0) is 17.0. The number of nitrogens with two attached hydrogens (primary N) is 1. The van der Waals surface area contributed by atoms with Crippen LogP contribution >= 0.6 is 11.8 Å². The van der Waals surface area contributed by atoms with Crippen molar-refractivity contribution in [3.63, 3.8) is 0 Å². The summed E-state index contributed by atoms with van der Waals surface area (Å²) in [6.45, 7) is 5.60. The molecule has 1 heterocycles. The van der Waals surface area contributed by atoms with E-state index in [1.54, 1.807) is 25.3 Å². The summed E-state index contributed by atoms with van der Waals surface area (Å²) in [7, 11) is 0. The molecule has 1 aromatic heterocycles. The summed E-state index contributed by atoms with van der Waals surface area (Å²) >= 11 is 1.43. The molecule has 0 aliphatic heterocycles. The predicted molar refractivity (Wildman–Crippen MR) is 90.4 cm³/mol. The first-order valence-electron chi connectivity index (χ1n) is 7.19. The highest BCUT2D eigenvalue weighted by Gasteiger charge is 2.18. The Balaban J connectivity index is 2.27. The predicted octanol–water partition coefficient (Wildman–Crippen LogP) is 2.45. The molecule has 0 aliphatic carbocycles. The summed E-state index contributed by atoms with van der Waals surface area (Å²) in [5.74, 6) is -0.942. The lowest BCUT2D eigenvalue weighted by molar-refractivity contribution is -0.119. The Bertz CT molecular complexity index is 746. The Hall–Kier alpha value is -2.34. The molecule has 2 aromatic rings. The molecule has 0 radical (unpaired) electrons. The van der Waals surface area contributed by atoms with Gasteiger partial charge in [-0.15, -0.1) is 0 Å². The maximum atomic E-state index is 12.3. The summed E-state index contributed by atoms with van der Waals surface area (Å²) in [5.41, 5.74) is 7.91. The molecule has 0 fully saturated rings. The monoisotopic (exact) mass is 329 g/mol. The van der Waals surface area contributed by atoms with Crippen LogP contribution in [0.2, 0.25) is 0 Å². The number of rotatable bonds is 5. The lowest BCUT2D eigenvalue weighted by Gasteiger charge is -2.13. The van der Waals surface area contributed by atoms with Gasteiger partial charge in [-0.05, 0) is 44.5 Å². The lowest BCUT2D eigenvalue weighted by Crippen LogP contribution is -2.42. The molecule has 2 rings (SSSR count). The smallest absolute Gasteiger partial charge is 0.254 e. The zero-order valence-corrected chi connectivity index (χ0v) is 14.1. The van der Waals surface area contributed by atoms with E-state index >= 15 is 0 Å². The highest BCUT2D eigenvalue weighted by molar-refractivity contribution is 7.99. The summed E-state index contributed by atoms with van der Waals surface area (Å²) in [6, 6.07) is 8.75. The van der Waals surface area contributed by atoms with Gasteiger partial charge in [0.2, 0.25) is 5.91 Å². The van der Waals surface area contributed by atoms with Crippen LogP contribution in [0.1, 0.15) is 28.4 Å².